The van der Waals surface area contributed by atoms with Crippen LogP contribution in [0.2, 0.25) is 0 Å². The van der Waals surface area contributed by atoms with Crippen molar-refractivity contribution in [3.8, 4) is 22.9 Å². The second kappa shape index (κ2) is 6.76. The second-order valence-electron chi connectivity index (χ2n) is 6.12. The maximum absolute atomic E-state index is 13.1. The summed E-state index contributed by atoms with van der Waals surface area (Å²) in [5.41, 5.74) is 2.00. The fourth-order valence-electron chi connectivity index (χ4n) is 2.65. The van der Waals surface area contributed by atoms with Crippen molar-refractivity contribution in [1.29, 1.82) is 0 Å². The van der Waals surface area contributed by atoms with Gasteiger partial charge >= 0.3 is 0 Å². The van der Waals surface area contributed by atoms with Crippen molar-refractivity contribution in [2.24, 2.45) is 0 Å². The van der Waals surface area contributed by atoms with Crippen molar-refractivity contribution >= 4 is 12.6 Å². The lowest BCUT2D eigenvalue weighted by molar-refractivity contribution is 0.444. The Hall–Kier alpha value is -2.54. The first kappa shape index (κ1) is 17.3. The third kappa shape index (κ3) is 3.46. The number of nitrogens with zero attached hydrogens (tertiary/aromatic N) is 3. The van der Waals surface area contributed by atoms with Crippen LogP contribution >= 0.6 is 12.6 Å². The van der Waals surface area contributed by atoms with Crippen LogP contribution in [0, 0.1) is 5.82 Å². The van der Waals surface area contributed by atoms with Crippen molar-refractivity contribution in [2.45, 2.75) is 31.5 Å². The maximum atomic E-state index is 13.1. The highest BCUT2D eigenvalue weighted by molar-refractivity contribution is 7.80. The van der Waals surface area contributed by atoms with E-state index >= 15 is 0 Å². The average molecular weight is 359 g/mol. The van der Waals surface area contributed by atoms with E-state index in [2.05, 4.69) is 22.8 Å². The number of phenolic OH excluding ortho intramolecular Hbond substituents is 2. The molecule has 5 nitrogen and oxygen atoms in total. The molecular weight excluding hydrogens is 341 g/mol. The Morgan fingerprint density at radius 3 is 2.40 bits per heavy atom. The number of aromatic hydroxyl groups is 2. The standard InChI is InChI=1S/C18H18FN3O2S/c1-10(2)13-7-14(16(24)8-15(13)23)17-20-21-18(25)22(17)9-11-3-5-12(19)6-4-11/h3-8,10,23-24H,9H2,1-2H3,(H,21,25). The summed E-state index contributed by atoms with van der Waals surface area (Å²) in [5, 5.41) is 28.7. The molecule has 3 rings (SSSR count). The van der Waals surface area contributed by atoms with Gasteiger partial charge in [0.1, 0.15) is 17.3 Å². The summed E-state index contributed by atoms with van der Waals surface area (Å²) in [4.78, 5) is 0. The van der Waals surface area contributed by atoms with Crippen molar-refractivity contribution in [2.75, 3.05) is 0 Å². The van der Waals surface area contributed by atoms with Crippen LogP contribution in [0.3, 0.4) is 0 Å². The lowest BCUT2D eigenvalue weighted by Crippen LogP contribution is -2.04. The van der Waals surface area contributed by atoms with Crippen LogP contribution in [-0.2, 0) is 6.54 Å². The van der Waals surface area contributed by atoms with Gasteiger partial charge in [-0.2, -0.15) is 0 Å². The molecule has 2 N–H and O–H groups in total. The monoisotopic (exact) mass is 359 g/mol. The molecule has 0 saturated heterocycles. The fraction of sp³-hybridized carbons (Fsp3) is 0.222. The molecule has 0 aliphatic rings. The van der Waals surface area contributed by atoms with Gasteiger partial charge in [-0.05, 0) is 35.2 Å². The van der Waals surface area contributed by atoms with Gasteiger partial charge in [-0.25, -0.2) is 4.39 Å². The van der Waals surface area contributed by atoms with E-state index in [1.807, 2.05) is 13.8 Å². The SMILES string of the molecule is CC(C)c1cc(-c2nnc(S)n2Cc2ccc(F)cc2)c(O)cc1O. The minimum Gasteiger partial charge on any atom is -0.508 e. The Bertz CT molecular complexity index is 907. The molecule has 0 aliphatic carbocycles. The normalized spacial score (nSPS) is 11.2. The van der Waals surface area contributed by atoms with Gasteiger partial charge < -0.3 is 10.2 Å². The van der Waals surface area contributed by atoms with E-state index in [4.69, 9.17) is 0 Å². The topological polar surface area (TPSA) is 71.2 Å². The molecule has 0 radical (unpaired) electrons. The summed E-state index contributed by atoms with van der Waals surface area (Å²) < 4.78 is 14.8. The summed E-state index contributed by atoms with van der Waals surface area (Å²) >= 11 is 4.32. The van der Waals surface area contributed by atoms with Gasteiger partial charge in [0.2, 0.25) is 0 Å². The molecular formula is C18H18FN3O2S. The highest BCUT2D eigenvalue weighted by atomic mass is 32.1. The number of rotatable bonds is 4. The number of phenols is 2. The molecule has 0 amide bonds. The van der Waals surface area contributed by atoms with E-state index in [1.165, 1.54) is 18.2 Å². The van der Waals surface area contributed by atoms with Crippen LogP contribution in [-0.4, -0.2) is 25.0 Å². The summed E-state index contributed by atoms with van der Waals surface area (Å²) in [5.74, 6) is 0.128. The number of aromatic nitrogens is 3. The number of halogens is 1. The van der Waals surface area contributed by atoms with Crippen LogP contribution in [0.25, 0.3) is 11.4 Å². The van der Waals surface area contributed by atoms with Gasteiger partial charge in [0.15, 0.2) is 11.0 Å². The molecule has 130 valence electrons. The molecule has 2 aromatic carbocycles. The van der Waals surface area contributed by atoms with Gasteiger partial charge in [0, 0.05) is 6.07 Å². The first-order chi connectivity index (χ1) is 11.9. The van der Waals surface area contributed by atoms with Gasteiger partial charge in [0.05, 0.1) is 12.1 Å². The van der Waals surface area contributed by atoms with Crippen molar-refractivity contribution in [3.05, 3.63) is 53.3 Å². The van der Waals surface area contributed by atoms with Gasteiger partial charge in [-0.15, -0.1) is 22.8 Å². The highest BCUT2D eigenvalue weighted by Gasteiger charge is 2.19. The molecule has 1 heterocycles. The minimum atomic E-state index is -0.309. The molecule has 0 saturated carbocycles. The summed E-state index contributed by atoms with van der Waals surface area (Å²) in [6.45, 7) is 4.27. The molecule has 0 fully saturated rings. The minimum absolute atomic E-state index is 0.0342. The molecule has 0 unspecified atom stereocenters. The lowest BCUT2D eigenvalue weighted by atomic mass is 9.98. The van der Waals surface area contributed by atoms with Gasteiger partial charge in [0.25, 0.3) is 0 Å². The number of thiol groups is 1. The Morgan fingerprint density at radius 2 is 1.76 bits per heavy atom. The van der Waals surface area contributed by atoms with Crippen LogP contribution in [0.15, 0.2) is 41.6 Å². The second-order valence-corrected chi connectivity index (χ2v) is 6.52. The Morgan fingerprint density at radius 1 is 1.08 bits per heavy atom. The number of hydrogen-bond acceptors (Lipinski definition) is 5. The zero-order chi connectivity index (χ0) is 18.1. The number of hydrogen-bond donors (Lipinski definition) is 3. The Labute approximate surface area is 150 Å². The smallest absolute Gasteiger partial charge is 0.188 e. The first-order valence-electron chi connectivity index (χ1n) is 7.79. The largest absolute Gasteiger partial charge is 0.508 e. The van der Waals surface area contributed by atoms with E-state index in [-0.39, 0.29) is 23.2 Å². The molecule has 7 heteroatoms. The molecule has 0 spiro atoms. The van der Waals surface area contributed by atoms with E-state index in [1.54, 1.807) is 22.8 Å². The highest BCUT2D eigenvalue weighted by Crippen LogP contribution is 2.37. The lowest BCUT2D eigenvalue weighted by Gasteiger charge is -2.14. The van der Waals surface area contributed by atoms with E-state index < -0.39 is 0 Å². The molecule has 3 aromatic rings. The van der Waals surface area contributed by atoms with E-state index in [0.29, 0.717) is 28.7 Å². The van der Waals surface area contributed by atoms with Gasteiger partial charge in [-0.1, -0.05) is 26.0 Å². The third-order valence-corrected chi connectivity index (χ3v) is 4.32. The fourth-order valence-corrected chi connectivity index (χ4v) is 2.86. The predicted octanol–water partition coefficient (Wildman–Crippen LogP) is 3.96. The zero-order valence-electron chi connectivity index (χ0n) is 13.8. The number of benzene rings is 2. The van der Waals surface area contributed by atoms with Gasteiger partial charge in [-0.3, -0.25) is 4.57 Å². The molecule has 1 aromatic heterocycles. The predicted molar refractivity (Wildman–Crippen MR) is 95.6 cm³/mol. The van der Waals surface area contributed by atoms with Crippen LogP contribution < -0.4 is 0 Å². The van der Waals surface area contributed by atoms with Crippen molar-refractivity contribution in [1.82, 2.24) is 14.8 Å². The van der Waals surface area contributed by atoms with Crippen LogP contribution in [0.4, 0.5) is 4.39 Å². The molecule has 0 atom stereocenters. The van der Waals surface area contributed by atoms with Crippen LogP contribution in [0.1, 0.15) is 30.9 Å². The Balaban J connectivity index is 2.07. The van der Waals surface area contributed by atoms with E-state index in [0.717, 1.165) is 5.56 Å². The van der Waals surface area contributed by atoms with Crippen molar-refractivity contribution in [3.63, 3.8) is 0 Å². The van der Waals surface area contributed by atoms with Crippen LogP contribution in [0.5, 0.6) is 11.5 Å². The average Bonchev–Trinajstić information content (AvgIpc) is 2.90. The molecule has 25 heavy (non-hydrogen) atoms. The summed E-state index contributed by atoms with van der Waals surface area (Å²) in [6, 6.07) is 9.11. The van der Waals surface area contributed by atoms with Crippen molar-refractivity contribution < 1.29 is 14.6 Å². The quantitative estimate of drug-likeness (QED) is 0.617. The third-order valence-electron chi connectivity index (χ3n) is 3.99. The molecule has 0 bridgehead atoms. The maximum Gasteiger partial charge on any atom is 0.188 e. The Kier molecular flexibility index (Phi) is 4.67. The first-order valence-corrected chi connectivity index (χ1v) is 8.24. The zero-order valence-corrected chi connectivity index (χ0v) is 14.7. The van der Waals surface area contributed by atoms with E-state index in [9.17, 15) is 14.6 Å². The summed E-state index contributed by atoms with van der Waals surface area (Å²) in [7, 11) is 0. The molecule has 0 aliphatic heterocycles. The summed E-state index contributed by atoms with van der Waals surface area (Å²) in [6.07, 6.45) is 0.